The monoisotopic (exact) mass is 492 g/mol. The van der Waals surface area contributed by atoms with Gasteiger partial charge in [-0.3, -0.25) is 24.4 Å². The zero-order valence-electron chi connectivity index (χ0n) is 20.8. The zero-order chi connectivity index (χ0) is 26.0. The molecule has 0 saturated heterocycles. The molecule has 192 valence electrons. The molecule has 1 N–H and O–H groups in total. The van der Waals surface area contributed by atoms with Gasteiger partial charge in [-0.25, -0.2) is 9.28 Å². The molecule has 0 aliphatic heterocycles. The van der Waals surface area contributed by atoms with Crippen molar-refractivity contribution >= 4 is 23.5 Å². The Morgan fingerprint density at radius 1 is 1.17 bits per heavy atom. The number of fused-ring (bicyclic) bond motifs is 5. The lowest BCUT2D eigenvalue weighted by atomic mass is 9.44. The molecule has 0 bridgehead atoms. The summed E-state index contributed by atoms with van der Waals surface area (Å²) in [6.45, 7) is 7.02. The third-order valence-corrected chi connectivity index (χ3v) is 9.43. The van der Waals surface area contributed by atoms with Crippen LogP contribution in [0.2, 0.25) is 0 Å². The number of esters is 2. The smallest absolute Gasteiger partial charge is 0.303 e. The van der Waals surface area contributed by atoms with E-state index in [4.69, 9.17) is 14.4 Å². The molecule has 8 nitrogen and oxygen atoms in total. The van der Waals surface area contributed by atoms with Gasteiger partial charge in [0.2, 0.25) is 5.78 Å². The third-order valence-electron chi connectivity index (χ3n) is 9.43. The molecular formula is C26H33FO8. The van der Waals surface area contributed by atoms with Gasteiger partial charge >= 0.3 is 11.9 Å². The van der Waals surface area contributed by atoms with Gasteiger partial charge in [0.05, 0.1) is 0 Å². The summed E-state index contributed by atoms with van der Waals surface area (Å²) < 4.78 is 28.3. The van der Waals surface area contributed by atoms with Crippen molar-refractivity contribution < 1.29 is 43.2 Å². The fourth-order valence-corrected chi connectivity index (χ4v) is 7.94. The number of halogens is 1. The van der Waals surface area contributed by atoms with Crippen LogP contribution in [-0.2, 0) is 33.5 Å². The van der Waals surface area contributed by atoms with E-state index in [0.717, 1.165) is 0 Å². The highest BCUT2D eigenvalue weighted by atomic mass is 19.1. The first-order valence-electron chi connectivity index (χ1n) is 12.1. The summed E-state index contributed by atoms with van der Waals surface area (Å²) in [5.74, 6) is -3.73. The van der Waals surface area contributed by atoms with Crippen molar-refractivity contribution in [2.45, 2.75) is 77.7 Å². The van der Waals surface area contributed by atoms with E-state index in [9.17, 15) is 24.4 Å². The van der Waals surface area contributed by atoms with Crippen molar-refractivity contribution in [2.75, 3.05) is 6.61 Å². The first kappa shape index (κ1) is 25.7. The predicted octanol–water partition coefficient (Wildman–Crippen LogP) is 3.53. The maximum atomic E-state index is 17.7. The first-order chi connectivity index (χ1) is 16.3. The number of rotatable bonds is 5. The number of ketones is 2. The van der Waals surface area contributed by atoms with Crippen molar-refractivity contribution in [2.24, 2.45) is 28.6 Å². The lowest BCUT2D eigenvalue weighted by molar-refractivity contribution is -0.354. The number of ether oxygens (including phenoxy) is 2. The minimum Gasteiger partial charge on any atom is -0.459 e. The number of hydrogen-bond donors (Lipinski definition) is 1. The van der Waals surface area contributed by atoms with Crippen LogP contribution in [0.15, 0.2) is 23.8 Å². The van der Waals surface area contributed by atoms with Gasteiger partial charge in [0.15, 0.2) is 23.7 Å². The van der Waals surface area contributed by atoms with Gasteiger partial charge in [-0.1, -0.05) is 25.5 Å². The Hall–Kier alpha value is -2.39. The number of alkyl halides is 1. The summed E-state index contributed by atoms with van der Waals surface area (Å²) in [6.07, 6.45) is 4.28. The van der Waals surface area contributed by atoms with Crippen LogP contribution in [0.3, 0.4) is 0 Å². The van der Waals surface area contributed by atoms with E-state index in [1.54, 1.807) is 26.8 Å². The van der Waals surface area contributed by atoms with Crippen molar-refractivity contribution in [1.29, 1.82) is 0 Å². The molecule has 0 radical (unpaired) electrons. The molecule has 0 aromatic carbocycles. The minimum absolute atomic E-state index is 0.0917. The van der Waals surface area contributed by atoms with Crippen LogP contribution in [0.5, 0.6) is 0 Å². The normalized spacial score (nSPS) is 44.0. The summed E-state index contributed by atoms with van der Waals surface area (Å²) in [5.41, 5.74) is -5.46. The largest absolute Gasteiger partial charge is 0.459 e. The lowest BCUT2D eigenvalue weighted by Crippen LogP contribution is -2.70. The van der Waals surface area contributed by atoms with Gasteiger partial charge < -0.3 is 9.47 Å². The minimum atomic E-state index is -2.05. The molecule has 3 unspecified atom stereocenters. The molecule has 35 heavy (non-hydrogen) atoms. The van der Waals surface area contributed by atoms with Gasteiger partial charge in [0, 0.05) is 30.6 Å². The quantitative estimate of drug-likeness (QED) is 0.352. The summed E-state index contributed by atoms with van der Waals surface area (Å²) in [5, 5.41) is 10.2. The first-order valence-corrected chi connectivity index (χ1v) is 12.1. The lowest BCUT2D eigenvalue weighted by Gasteiger charge is -2.63. The number of hydrogen-bond acceptors (Lipinski definition) is 8. The Kier molecular flexibility index (Phi) is 6.12. The van der Waals surface area contributed by atoms with Crippen molar-refractivity contribution in [3.63, 3.8) is 0 Å². The fourth-order valence-electron chi connectivity index (χ4n) is 7.94. The van der Waals surface area contributed by atoms with Crippen LogP contribution >= 0.6 is 0 Å². The van der Waals surface area contributed by atoms with Crippen molar-refractivity contribution in [3.8, 4) is 0 Å². The maximum Gasteiger partial charge on any atom is 0.303 e. The van der Waals surface area contributed by atoms with E-state index >= 15 is 4.39 Å². The Labute approximate surface area is 203 Å². The van der Waals surface area contributed by atoms with E-state index in [1.165, 1.54) is 26.0 Å². The second-order valence-electron chi connectivity index (χ2n) is 11.0. The predicted molar refractivity (Wildman–Crippen MR) is 121 cm³/mol. The number of allylic oxidation sites excluding steroid dienone is 4. The second kappa shape index (κ2) is 8.34. The number of carbonyl (C=O) groups excluding carboxylic acids is 4. The molecule has 0 aromatic rings. The Morgan fingerprint density at radius 3 is 2.46 bits per heavy atom. The Balaban J connectivity index is 1.86. The van der Waals surface area contributed by atoms with Gasteiger partial charge in [-0.2, -0.15) is 0 Å². The van der Waals surface area contributed by atoms with Crippen LogP contribution in [0.1, 0.15) is 60.3 Å². The molecule has 0 spiro atoms. The van der Waals surface area contributed by atoms with Crippen LogP contribution in [0.4, 0.5) is 4.39 Å². The molecule has 3 saturated carbocycles. The Bertz CT molecular complexity index is 1030. The third kappa shape index (κ3) is 3.30. The molecule has 4 aliphatic carbocycles. The summed E-state index contributed by atoms with van der Waals surface area (Å²) in [4.78, 5) is 54.1. The fraction of sp³-hybridized carbons (Fsp3) is 0.692. The average Bonchev–Trinajstić information content (AvgIpc) is 2.99. The number of carbonyl (C=O) groups is 4. The maximum absolute atomic E-state index is 17.7. The van der Waals surface area contributed by atoms with E-state index < -0.39 is 70.3 Å². The van der Waals surface area contributed by atoms with Gasteiger partial charge in [0.25, 0.3) is 0 Å². The highest BCUT2D eigenvalue weighted by Crippen LogP contribution is 2.71. The van der Waals surface area contributed by atoms with Crippen LogP contribution in [-0.4, -0.2) is 52.7 Å². The molecule has 0 heterocycles. The molecule has 0 aromatic heterocycles. The van der Waals surface area contributed by atoms with Gasteiger partial charge in [-0.05, 0) is 56.6 Å². The van der Waals surface area contributed by atoms with Gasteiger partial charge in [-0.15, -0.1) is 0 Å². The summed E-state index contributed by atoms with van der Waals surface area (Å²) in [7, 11) is 0. The molecular weight excluding hydrogens is 459 g/mol. The van der Waals surface area contributed by atoms with Crippen LogP contribution in [0.25, 0.3) is 0 Å². The molecule has 3 fully saturated rings. The summed E-state index contributed by atoms with van der Waals surface area (Å²) in [6, 6.07) is 0. The highest BCUT2D eigenvalue weighted by molar-refractivity contribution is 6.01. The standard InChI is InChI=1S/C26H33FO8/c1-14-10-20-19-7-6-17-11-18(30)8-9-23(17,4)25(19,27)22(34-16(3)29)12-24(20,5)26(14,35-32)21(31)13-33-15(2)28/h8-9,11,14,19-20,22,32H,6-7,10,12-13H2,1-5H3/t14-,19?,20?,22?,23+,24+,25+,26+/m1/s1. The Morgan fingerprint density at radius 2 is 1.86 bits per heavy atom. The molecule has 9 heteroatoms. The second-order valence-corrected chi connectivity index (χ2v) is 11.0. The van der Waals surface area contributed by atoms with Crippen molar-refractivity contribution in [3.05, 3.63) is 23.8 Å². The van der Waals surface area contributed by atoms with Crippen molar-refractivity contribution in [1.82, 2.24) is 0 Å². The van der Waals surface area contributed by atoms with E-state index in [2.05, 4.69) is 0 Å². The zero-order valence-corrected chi connectivity index (χ0v) is 20.8. The van der Waals surface area contributed by atoms with E-state index in [0.29, 0.717) is 24.8 Å². The highest BCUT2D eigenvalue weighted by Gasteiger charge is 2.77. The van der Waals surface area contributed by atoms with E-state index in [-0.39, 0.29) is 12.2 Å². The van der Waals surface area contributed by atoms with Crippen LogP contribution in [0, 0.1) is 28.6 Å². The number of Topliss-reactive ketones (excluding diaryl/α,β-unsaturated/α-hetero) is 1. The van der Waals surface area contributed by atoms with Gasteiger partial charge in [0.1, 0.15) is 6.10 Å². The molecule has 4 rings (SSSR count). The average molecular weight is 493 g/mol. The molecule has 8 atom stereocenters. The molecule has 0 amide bonds. The van der Waals surface area contributed by atoms with E-state index in [1.807, 2.05) is 0 Å². The molecule has 4 aliphatic rings. The SMILES string of the molecule is CC(=O)OCC(=O)[C@@]1(OO)[C@H](C)CC2C3CCC4=CC(=O)C=C[C@]4(C)[C@@]3(F)C(OC(C)=O)C[C@@]21C. The topological polar surface area (TPSA) is 116 Å². The van der Waals surface area contributed by atoms with Crippen LogP contribution < -0.4 is 0 Å². The summed E-state index contributed by atoms with van der Waals surface area (Å²) >= 11 is 0.